The highest BCUT2D eigenvalue weighted by Crippen LogP contribution is 2.49. The Balaban J connectivity index is 2.07. The van der Waals surface area contributed by atoms with Crippen molar-refractivity contribution in [1.29, 1.82) is 0 Å². The number of carbonyl (C=O) groups excluding carboxylic acids is 2. The number of aliphatic hydroxyl groups is 1. The lowest BCUT2D eigenvalue weighted by molar-refractivity contribution is -0.141. The van der Waals surface area contributed by atoms with Crippen LogP contribution in [0.15, 0.2) is 23.0 Å². The Kier molecular flexibility index (Phi) is 6.03. The van der Waals surface area contributed by atoms with E-state index in [9.17, 15) is 19.5 Å². The summed E-state index contributed by atoms with van der Waals surface area (Å²) in [6.07, 6.45) is 4.64. The minimum absolute atomic E-state index is 0.0995. The number of allylic oxidation sites excluding steroid dienone is 1. The van der Waals surface area contributed by atoms with E-state index < -0.39 is 12.0 Å². The minimum Gasteiger partial charge on any atom is -0.396 e. The summed E-state index contributed by atoms with van der Waals surface area (Å²) in [5.41, 5.74) is 1.24. The summed E-state index contributed by atoms with van der Waals surface area (Å²) in [5.74, 6) is -0.925. The minimum atomic E-state index is -0.710. The summed E-state index contributed by atoms with van der Waals surface area (Å²) in [4.78, 5) is 40.2. The van der Waals surface area contributed by atoms with Crippen molar-refractivity contribution >= 4 is 17.9 Å². The summed E-state index contributed by atoms with van der Waals surface area (Å²) in [6, 6.07) is 2.56. The second-order valence-electron chi connectivity index (χ2n) is 7.47. The first-order valence-corrected chi connectivity index (χ1v) is 10.1. The molecular formula is C21H29N3O4. The first-order chi connectivity index (χ1) is 13.5. The predicted molar refractivity (Wildman–Crippen MR) is 106 cm³/mol. The SMILES string of the molecule is C/C=C/c1ccc2n(c1=O)C[C@H]1[C@H](CO)[C@@H](C(=O)NCCC)N(C(=O)CC)[C@@H]21. The van der Waals surface area contributed by atoms with Crippen LogP contribution in [0.25, 0.3) is 6.08 Å². The van der Waals surface area contributed by atoms with Crippen molar-refractivity contribution in [3.8, 4) is 0 Å². The van der Waals surface area contributed by atoms with Crippen molar-refractivity contribution in [2.45, 2.75) is 52.2 Å². The van der Waals surface area contributed by atoms with Crippen LogP contribution in [-0.4, -0.2) is 45.6 Å². The normalized spacial score (nSPS) is 25.8. The van der Waals surface area contributed by atoms with Gasteiger partial charge in [-0.05, 0) is 25.5 Å². The van der Waals surface area contributed by atoms with E-state index in [1.807, 2.05) is 26.0 Å². The van der Waals surface area contributed by atoms with Crippen molar-refractivity contribution in [2.75, 3.05) is 13.2 Å². The molecule has 3 rings (SSSR count). The number of nitrogens with one attached hydrogen (secondary N) is 1. The van der Waals surface area contributed by atoms with Crippen LogP contribution in [0.1, 0.15) is 50.9 Å². The lowest BCUT2D eigenvalue weighted by Crippen LogP contribution is -2.50. The van der Waals surface area contributed by atoms with Crippen molar-refractivity contribution in [3.63, 3.8) is 0 Å². The second kappa shape index (κ2) is 8.31. The highest BCUT2D eigenvalue weighted by atomic mass is 16.3. The number of rotatable bonds is 6. The molecule has 3 heterocycles. The van der Waals surface area contributed by atoms with E-state index in [1.54, 1.807) is 28.5 Å². The molecule has 152 valence electrons. The van der Waals surface area contributed by atoms with Crippen LogP contribution in [0.5, 0.6) is 0 Å². The average molecular weight is 387 g/mol. The zero-order chi connectivity index (χ0) is 20.4. The van der Waals surface area contributed by atoms with Gasteiger partial charge in [-0.25, -0.2) is 0 Å². The number of fused-ring (bicyclic) bond motifs is 3. The maximum Gasteiger partial charge on any atom is 0.258 e. The molecule has 0 radical (unpaired) electrons. The molecule has 1 saturated heterocycles. The fourth-order valence-corrected chi connectivity index (χ4v) is 4.63. The van der Waals surface area contributed by atoms with Gasteiger partial charge in [-0.1, -0.05) is 26.0 Å². The van der Waals surface area contributed by atoms with E-state index in [4.69, 9.17) is 0 Å². The predicted octanol–water partition coefficient (Wildman–Crippen LogP) is 1.31. The molecule has 2 aliphatic heterocycles. The molecule has 2 amide bonds. The highest BCUT2D eigenvalue weighted by Gasteiger charge is 2.56. The molecule has 0 saturated carbocycles. The number of nitrogens with zero attached hydrogens (tertiary/aromatic N) is 2. The number of hydrogen-bond acceptors (Lipinski definition) is 4. The molecule has 0 spiro atoms. The van der Waals surface area contributed by atoms with Gasteiger partial charge in [0.1, 0.15) is 6.04 Å². The zero-order valence-corrected chi connectivity index (χ0v) is 16.7. The van der Waals surface area contributed by atoms with Crippen LogP contribution in [0.3, 0.4) is 0 Å². The highest BCUT2D eigenvalue weighted by molar-refractivity contribution is 5.89. The molecule has 2 aliphatic rings. The fourth-order valence-electron chi connectivity index (χ4n) is 4.63. The molecule has 0 unspecified atom stereocenters. The van der Waals surface area contributed by atoms with Crippen LogP contribution < -0.4 is 10.9 Å². The number of carbonyl (C=O) groups is 2. The maximum absolute atomic E-state index is 12.9. The Morgan fingerprint density at radius 1 is 1.32 bits per heavy atom. The van der Waals surface area contributed by atoms with Gasteiger partial charge in [-0.2, -0.15) is 0 Å². The number of hydrogen-bond donors (Lipinski definition) is 2. The molecule has 4 atom stereocenters. The average Bonchev–Trinajstić information content (AvgIpc) is 3.22. The molecular weight excluding hydrogens is 358 g/mol. The standard InChI is InChI=1S/C21H29N3O4/c1-4-7-13-8-9-16-18-14(11-23(16)21(13)28)15(12-25)19(20(27)22-10-5-2)24(18)17(26)6-3/h4,7-9,14-15,18-19,25H,5-6,10-12H2,1-3H3,(H,22,27)/b7-4+/t14-,15-,18+,19-/m0/s1. The van der Waals surface area contributed by atoms with E-state index >= 15 is 0 Å². The van der Waals surface area contributed by atoms with E-state index in [1.165, 1.54) is 0 Å². The Bertz CT molecular complexity index is 845. The lowest BCUT2D eigenvalue weighted by atomic mass is 9.88. The monoisotopic (exact) mass is 387 g/mol. The Morgan fingerprint density at radius 3 is 2.68 bits per heavy atom. The van der Waals surface area contributed by atoms with Gasteiger partial charge in [0.05, 0.1) is 6.04 Å². The Morgan fingerprint density at radius 2 is 2.07 bits per heavy atom. The molecule has 0 aromatic carbocycles. The largest absolute Gasteiger partial charge is 0.396 e. The van der Waals surface area contributed by atoms with Crippen molar-refractivity contribution in [3.05, 3.63) is 39.8 Å². The van der Waals surface area contributed by atoms with E-state index in [-0.39, 0.29) is 42.4 Å². The number of aromatic nitrogens is 1. The van der Waals surface area contributed by atoms with Crippen molar-refractivity contribution in [2.24, 2.45) is 11.8 Å². The number of likely N-dealkylation sites (tertiary alicyclic amines) is 1. The fraction of sp³-hybridized carbons (Fsp3) is 0.571. The van der Waals surface area contributed by atoms with Gasteiger partial charge in [0, 0.05) is 49.2 Å². The topological polar surface area (TPSA) is 91.6 Å². The van der Waals surface area contributed by atoms with E-state index in [0.717, 1.165) is 12.1 Å². The van der Waals surface area contributed by atoms with Gasteiger partial charge in [-0.15, -0.1) is 0 Å². The number of pyridine rings is 1. The van der Waals surface area contributed by atoms with Gasteiger partial charge in [0.2, 0.25) is 11.8 Å². The molecule has 7 nitrogen and oxygen atoms in total. The second-order valence-corrected chi connectivity index (χ2v) is 7.47. The van der Waals surface area contributed by atoms with Crippen LogP contribution in [0.4, 0.5) is 0 Å². The van der Waals surface area contributed by atoms with E-state index in [2.05, 4.69) is 5.32 Å². The smallest absolute Gasteiger partial charge is 0.258 e. The van der Waals surface area contributed by atoms with Gasteiger partial charge in [0.25, 0.3) is 5.56 Å². The maximum atomic E-state index is 12.9. The molecule has 2 N–H and O–H groups in total. The number of amides is 2. The summed E-state index contributed by atoms with van der Waals surface area (Å²) in [6.45, 7) is 6.31. The van der Waals surface area contributed by atoms with Gasteiger partial charge in [-0.3, -0.25) is 14.4 Å². The van der Waals surface area contributed by atoms with Gasteiger partial charge < -0.3 is 19.9 Å². The van der Waals surface area contributed by atoms with Gasteiger partial charge in [0.15, 0.2) is 0 Å². The third-order valence-corrected chi connectivity index (χ3v) is 5.86. The quantitative estimate of drug-likeness (QED) is 0.770. The van der Waals surface area contributed by atoms with Gasteiger partial charge >= 0.3 is 0 Å². The van der Waals surface area contributed by atoms with E-state index in [0.29, 0.717) is 18.7 Å². The summed E-state index contributed by atoms with van der Waals surface area (Å²) < 4.78 is 1.70. The summed E-state index contributed by atoms with van der Waals surface area (Å²) in [5, 5.41) is 13.0. The van der Waals surface area contributed by atoms with Crippen LogP contribution >= 0.6 is 0 Å². The van der Waals surface area contributed by atoms with Crippen LogP contribution in [-0.2, 0) is 16.1 Å². The Labute approximate surface area is 165 Å². The lowest BCUT2D eigenvalue weighted by Gasteiger charge is -2.30. The first kappa shape index (κ1) is 20.3. The first-order valence-electron chi connectivity index (χ1n) is 10.1. The molecule has 1 fully saturated rings. The molecule has 7 heteroatoms. The molecule has 0 bridgehead atoms. The van der Waals surface area contributed by atoms with Crippen LogP contribution in [0, 0.1) is 11.8 Å². The molecule has 0 aliphatic carbocycles. The Hall–Kier alpha value is -2.41. The van der Waals surface area contributed by atoms with Crippen LogP contribution in [0.2, 0.25) is 0 Å². The van der Waals surface area contributed by atoms with Crippen molar-refractivity contribution in [1.82, 2.24) is 14.8 Å². The zero-order valence-electron chi connectivity index (χ0n) is 16.7. The number of aliphatic hydroxyl groups excluding tert-OH is 1. The van der Waals surface area contributed by atoms with Crippen molar-refractivity contribution < 1.29 is 14.7 Å². The molecule has 28 heavy (non-hydrogen) atoms. The molecule has 1 aromatic heterocycles. The summed E-state index contributed by atoms with van der Waals surface area (Å²) in [7, 11) is 0. The molecule has 1 aromatic rings. The third kappa shape index (κ3) is 3.17. The third-order valence-electron chi connectivity index (χ3n) is 5.86. The summed E-state index contributed by atoms with van der Waals surface area (Å²) >= 11 is 0.